The van der Waals surface area contributed by atoms with Crippen LogP contribution < -0.4 is 10.6 Å². The Morgan fingerprint density at radius 2 is 2.04 bits per heavy atom. The molecule has 0 bridgehead atoms. The van der Waals surface area contributed by atoms with Crippen LogP contribution in [0.3, 0.4) is 0 Å². The van der Waals surface area contributed by atoms with Crippen LogP contribution in [0, 0.1) is 0 Å². The smallest absolute Gasteiger partial charge is 0.252 e. The zero-order valence-corrected chi connectivity index (χ0v) is 15.9. The number of nitrogens with one attached hydrogen (secondary N) is 2. The maximum Gasteiger partial charge on any atom is 0.252 e. The molecule has 2 aliphatic rings. The Hall–Kier alpha value is -0.670. The molecule has 9 heteroatoms. The van der Waals surface area contributed by atoms with E-state index < -0.39 is 10.0 Å². The van der Waals surface area contributed by atoms with Gasteiger partial charge in [-0.15, -0.1) is 23.7 Å². The third-order valence-corrected chi connectivity index (χ3v) is 7.74. The van der Waals surface area contributed by atoms with Crippen LogP contribution >= 0.6 is 23.7 Å². The molecule has 3 rings (SSSR count). The fourth-order valence-electron chi connectivity index (χ4n) is 3.06. The topological polar surface area (TPSA) is 78.5 Å². The Morgan fingerprint density at radius 1 is 1.29 bits per heavy atom. The maximum atomic E-state index is 12.5. The summed E-state index contributed by atoms with van der Waals surface area (Å²) in [6.07, 6.45) is 4.17. The highest BCUT2D eigenvalue weighted by molar-refractivity contribution is 7.91. The van der Waals surface area contributed by atoms with Gasteiger partial charge in [-0.05, 0) is 44.4 Å². The van der Waals surface area contributed by atoms with Crippen molar-refractivity contribution in [2.24, 2.45) is 0 Å². The van der Waals surface area contributed by atoms with Gasteiger partial charge in [-0.3, -0.25) is 4.79 Å². The molecule has 1 aromatic rings. The molecule has 136 valence electrons. The van der Waals surface area contributed by atoms with E-state index >= 15 is 0 Å². The zero-order chi connectivity index (χ0) is 16.3. The number of amides is 1. The molecule has 1 aromatic heterocycles. The van der Waals surface area contributed by atoms with Gasteiger partial charge in [0.15, 0.2) is 0 Å². The van der Waals surface area contributed by atoms with Crippen LogP contribution in [0.2, 0.25) is 0 Å². The van der Waals surface area contributed by atoms with Gasteiger partial charge < -0.3 is 10.6 Å². The molecule has 24 heavy (non-hydrogen) atoms. The van der Waals surface area contributed by atoms with E-state index in [2.05, 4.69) is 10.6 Å². The van der Waals surface area contributed by atoms with E-state index in [0.29, 0.717) is 17.3 Å². The minimum Gasteiger partial charge on any atom is -0.352 e. The second-order valence-electron chi connectivity index (χ2n) is 6.12. The Balaban J connectivity index is 0.00000208. The molecule has 1 unspecified atom stereocenters. The summed E-state index contributed by atoms with van der Waals surface area (Å²) in [5.74, 6) is -0.0364. The fourth-order valence-corrected chi connectivity index (χ4v) is 6.09. The number of carbonyl (C=O) groups is 1. The summed E-state index contributed by atoms with van der Waals surface area (Å²) in [7, 11) is -3.37. The maximum absolute atomic E-state index is 12.5. The van der Waals surface area contributed by atoms with Crippen molar-refractivity contribution in [1.82, 2.24) is 14.9 Å². The van der Waals surface area contributed by atoms with Crippen molar-refractivity contribution >= 4 is 39.7 Å². The lowest BCUT2D eigenvalue weighted by molar-refractivity contribution is -0.121. The molecule has 0 aromatic carbocycles. The molecule has 0 aliphatic carbocycles. The summed E-state index contributed by atoms with van der Waals surface area (Å²) >= 11 is 1.21. The largest absolute Gasteiger partial charge is 0.352 e. The number of carbonyl (C=O) groups excluding carboxylic acids is 1. The summed E-state index contributed by atoms with van der Waals surface area (Å²) in [5, 5.41) is 6.28. The Labute approximate surface area is 153 Å². The number of sulfonamides is 1. The number of rotatable bonds is 5. The van der Waals surface area contributed by atoms with Crippen molar-refractivity contribution < 1.29 is 13.2 Å². The third-order valence-electron chi connectivity index (χ3n) is 4.29. The third kappa shape index (κ3) is 4.70. The molecule has 2 aliphatic heterocycles. The van der Waals surface area contributed by atoms with Gasteiger partial charge in [0.05, 0.1) is 6.42 Å². The highest BCUT2D eigenvalue weighted by atomic mass is 35.5. The van der Waals surface area contributed by atoms with Crippen LogP contribution in [0.1, 0.15) is 30.6 Å². The molecule has 0 saturated carbocycles. The molecular formula is C15H24ClN3O3S2. The average Bonchev–Trinajstić information content (AvgIpc) is 3.20. The highest BCUT2D eigenvalue weighted by Crippen LogP contribution is 2.27. The average molecular weight is 394 g/mol. The van der Waals surface area contributed by atoms with Gasteiger partial charge in [-0.1, -0.05) is 0 Å². The van der Waals surface area contributed by atoms with E-state index in [0.717, 1.165) is 43.6 Å². The molecule has 0 radical (unpaired) electrons. The predicted molar refractivity (Wildman–Crippen MR) is 97.3 cm³/mol. The zero-order valence-electron chi connectivity index (χ0n) is 13.5. The van der Waals surface area contributed by atoms with Crippen LogP contribution in [0.5, 0.6) is 0 Å². The normalized spacial score (nSPS) is 22.1. The van der Waals surface area contributed by atoms with E-state index in [9.17, 15) is 13.2 Å². The van der Waals surface area contributed by atoms with Gasteiger partial charge >= 0.3 is 0 Å². The molecule has 6 nitrogen and oxygen atoms in total. The summed E-state index contributed by atoms with van der Waals surface area (Å²) in [5.41, 5.74) is 0. The van der Waals surface area contributed by atoms with Crippen molar-refractivity contribution in [3.63, 3.8) is 0 Å². The first kappa shape index (κ1) is 19.7. The van der Waals surface area contributed by atoms with Crippen LogP contribution in [-0.2, 0) is 21.2 Å². The van der Waals surface area contributed by atoms with E-state index in [4.69, 9.17) is 0 Å². The molecule has 0 spiro atoms. The lowest BCUT2D eigenvalue weighted by Gasteiger charge is -2.23. The minimum atomic E-state index is -3.37. The van der Waals surface area contributed by atoms with Crippen molar-refractivity contribution in [1.29, 1.82) is 0 Å². The quantitative estimate of drug-likeness (QED) is 0.791. The van der Waals surface area contributed by atoms with Gasteiger partial charge in [0.2, 0.25) is 5.91 Å². The molecule has 1 atom stereocenters. The molecule has 2 saturated heterocycles. The van der Waals surface area contributed by atoms with Crippen LogP contribution in [-0.4, -0.2) is 50.9 Å². The number of piperidine rings is 1. The van der Waals surface area contributed by atoms with Crippen molar-refractivity contribution in [3.05, 3.63) is 17.0 Å². The predicted octanol–water partition coefficient (Wildman–Crippen LogP) is 1.37. The van der Waals surface area contributed by atoms with E-state index in [1.54, 1.807) is 12.1 Å². The molecule has 2 N–H and O–H groups in total. The second kappa shape index (κ2) is 8.62. The molecule has 2 fully saturated rings. The van der Waals surface area contributed by atoms with Crippen molar-refractivity contribution in [2.75, 3.05) is 26.2 Å². The summed E-state index contributed by atoms with van der Waals surface area (Å²) in [4.78, 5) is 12.9. The number of halogens is 1. The van der Waals surface area contributed by atoms with Crippen molar-refractivity contribution in [2.45, 2.75) is 42.4 Å². The first-order valence-corrected chi connectivity index (χ1v) is 10.4. The Kier molecular flexibility index (Phi) is 7.06. The molecule has 1 amide bonds. The number of thiophene rings is 1. The first-order chi connectivity index (χ1) is 11.1. The SMILES string of the molecule is Cl.O=C(Cc1ccc(S(=O)(=O)N2CCCC2)s1)NC1CCCNC1. The van der Waals surface area contributed by atoms with E-state index in [1.807, 2.05) is 0 Å². The number of hydrogen-bond acceptors (Lipinski definition) is 5. The molecule has 3 heterocycles. The standard InChI is InChI=1S/C15H23N3O3S2.ClH/c19-14(17-12-4-3-7-16-11-12)10-13-5-6-15(22-13)23(20,21)18-8-1-2-9-18;/h5-6,12,16H,1-4,7-11H2,(H,17,19);1H. The number of hydrogen-bond donors (Lipinski definition) is 2. The van der Waals surface area contributed by atoms with Gasteiger partial charge in [0.1, 0.15) is 4.21 Å². The van der Waals surface area contributed by atoms with Crippen LogP contribution in [0.15, 0.2) is 16.3 Å². The van der Waals surface area contributed by atoms with Gasteiger partial charge in [0.25, 0.3) is 10.0 Å². The highest BCUT2D eigenvalue weighted by Gasteiger charge is 2.28. The monoisotopic (exact) mass is 393 g/mol. The lowest BCUT2D eigenvalue weighted by Crippen LogP contribution is -2.46. The van der Waals surface area contributed by atoms with E-state index in [-0.39, 0.29) is 30.8 Å². The molecular weight excluding hydrogens is 370 g/mol. The van der Waals surface area contributed by atoms with Gasteiger partial charge in [0, 0.05) is 30.6 Å². The fraction of sp³-hybridized carbons (Fsp3) is 0.667. The Morgan fingerprint density at radius 3 is 2.71 bits per heavy atom. The van der Waals surface area contributed by atoms with Gasteiger partial charge in [-0.25, -0.2) is 8.42 Å². The van der Waals surface area contributed by atoms with E-state index in [1.165, 1.54) is 15.6 Å². The summed E-state index contributed by atoms with van der Waals surface area (Å²) < 4.78 is 26.8. The Bertz CT molecular complexity index is 651. The number of nitrogens with zero attached hydrogens (tertiary/aromatic N) is 1. The van der Waals surface area contributed by atoms with Crippen LogP contribution in [0.4, 0.5) is 0 Å². The minimum absolute atomic E-state index is 0. The van der Waals surface area contributed by atoms with Crippen molar-refractivity contribution in [3.8, 4) is 0 Å². The second-order valence-corrected chi connectivity index (χ2v) is 9.45. The summed E-state index contributed by atoms with van der Waals surface area (Å²) in [6.45, 7) is 3.02. The first-order valence-electron chi connectivity index (χ1n) is 8.14. The summed E-state index contributed by atoms with van der Waals surface area (Å²) in [6, 6.07) is 3.57. The lowest BCUT2D eigenvalue weighted by atomic mass is 10.1. The van der Waals surface area contributed by atoms with Gasteiger partial charge in [-0.2, -0.15) is 4.31 Å². The van der Waals surface area contributed by atoms with Crippen LogP contribution in [0.25, 0.3) is 0 Å².